The van der Waals surface area contributed by atoms with Gasteiger partial charge in [-0.2, -0.15) is 0 Å². The first-order valence-electron chi connectivity index (χ1n) is 5.63. The van der Waals surface area contributed by atoms with Gasteiger partial charge in [0.2, 0.25) is 0 Å². The van der Waals surface area contributed by atoms with Crippen LogP contribution in [0.1, 0.15) is 6.92 Å². The van der Waals surface area contributed by atoms with Crippen LogP contribution in [0.2, 0.25) is 5.02 Å². The lowest BCUT2D eigenvalue weighted by molar-refractivity contribution is 0.579. The van der Waals surface area contributed by atoms with Crippen molar-refractivity contribution in [2.24, 2.45) is 0 Å². The second-order valence-corrected chi connectivity index (χ2v) is 6.40. The van der Waals surface area contributed by atoms with E-state index in [2.05, 4.69) is 15.5 Å². The van der Waals surface area contributed by atoms with Crippen LogP contribution in [-0.2, 0) is 17.3 Å². The first kappa shape index (κ1) is 14.0. The topological polar surface area (TPSA) is 86.7 Å². The summed E-state index contributed by atoms with van der Waals surface area (Å²) < 4.78 is 13.0. The molecule has 0 aliphatic carbocycles. The zero-order chi connectivity index (χ0) is 14.0. The highest BCUT2D eigenvalue weighted by atomic mass is 35.5. The molecule has 6 nitrogen and oxygen atoms in total. The van der Waals surface area contributed by atoms with Gasteiger partial charge in [0.05, 0.1) is 22.5 Å². The zero-order valence-electron chi connectivity index (χ0n) is 10.6. The van der Waals surface area contributed by atoms with Crippen molar-refractivity contribution < 1.29 is 4.21 Å². The van der Waals surface area contributed by atoms with E-state index in [1.165, 1.54) is 0 Å². The molecule has 2 rings (SSSR count). The average molecular weight is 300 g/mol. The molecular weight excluding hydrogens is 286 g/mol. The second kappa shape index (κ2) is 5.66. The third-order valence-electron chi connectivity index (χ3n) is 2.82. The molecule has 0 saturated heterocycles. The molecule has 2 aromatic rings. The lowest BCUT2D eigenvalue weighted by Crippen LogP contribution is -2.19. The number of anilines is 1. The van der Waals surface area contributed by atoms with Gasteiger partial charge in [0.1, 0.15) is 0 Å². The van der Waals surface area contributed by atoms with Gasteiger partial charge in [-0.05, 0) is 29.5 Å². The predicted molar refractivity (Wildman–Crippen MR) is 76.2 cm³/mol. The quantitative estimate of drug-likeness (QED) is 0.861. The number of nitrogen functional groups attached to an aromatic ring is 1. The number of aromatic nitrogens is 4. The number of hydrogen-bond acceptors (Lipinski definition) is 5. The standard InChI is InChI=1S/C11H14ClN5OS/c1-7(19(2)18)6-17-11(14-15-16-17)8-4-3-5-9(12)10(8)13/h3-5,7H,6,13H2,1-2H3. The van der Waals surface area contributed by atoms with E-state index >= 15 is 0 Å². The SMILES string of the molecule is CC(Cn1nnnc1-c1cccc(Cl)c1N)S(C)=O. The van der Waals surface area contributed by atoms with Crippen molar-refractivity contribution in [3.05, 3.63) is 23.2 Å². The van der Waals surface area contributed by atoms with E-state index in [4.69, 9.17) is 17.3 Å². The van der Waals surface area contributed by atoms with E-state index in [-0.39, 0.29) is 5.25 Å². The number of nitrogens with two attached hydrogens (primary N) is 1. The van der Waals surface area contributed by atoms with Crippen LogP contribution in [0.3, 0.4) is 0 Å². The highest BCUT2D eigenvalue weighted by molar-refractivity contribution is 7.84. The van der Waals surface area contributed by atoms with Crippen LogP contribution in [0.5, 0.6) is 0 Å². The summed E-state index contributed by atoms with van der Waals surface area (Å²) in [4.78, 5) is 0. The Morgan fingerprint density at radius 1 is 1.53 bits per heavy atom. The van der Waals surface area contributed by atoms with Gasteiger partial charge in [-0.3, -0.25) is 4.21 Å². The second-order valence-electron chi connectivity index (χ2n) is 4.19. The number of hydrogen-bond donors (Lipinski definition) is 1. The first-order valence-corrected chi connectivity index (χ1v) is 7.63. The Labute approximate surface area is 118 Å². The molecule has 0 aliphatic heterocycles. The molecule has 102 valence electrons. The fraction of sp³-hybridized carbons (Fsp3) is 0.364. The van der Waals surface area contributed by atoms with E-state index in [9.17, 15) is 4.21 Å². The summed E-state index contributed by atoms with van der Waals surface area (Å²) in [5.74, 6) is 0.525. The van der Waals surface area contributed by atoms with Gasteiger partial charge in [0.15, 0.2) is 5.82 Å². The van der Waals surface area contributed by atoms with Crippen LogP contribution < -0.4 is 5.73 Å². The number of nitrogens with zero attached hydrogens (tertiary/aromatic N) is 4. The van der Waals surface area contributed by atoms with Gasteiger partial charge >= 0.3 is 0 Å². The Morgan fingerprint density at radius 3 is 2.95 bits per heavy atom. The molecule has 0 amide bonds. The van der Waals surface area contributed by atoms with E-state index in [1.807, 2.05) is 6.92 Å². The lowest BCUT2D eigenvalue weighted by atomic mass is 10.1. The van der Waals surface area contributed by atoms with E-state index in [0.717, 1.165) is 0 Å². The maximum absolute atomic E-state index is 11.4. The summed E-state index contributed by atoms with van der Waals surface area (Å²) in [6.07, 6.45) is 1.66. The van der Waals surface area contributed by atoms with Gasteiger partial charge in [0.25, 0.3) is 0 Å². The summed E-state index contributed by atoms with van der Waals surface area (Å²) in [6, 6.07) is 5.30. The van der Waals surface area contributed by atoms with Crippen molar-refractivity contribution in [2.45, 2.75) is 18.7 Å². The third-order valence-corrected chi connectivity index (χ3v) is 4.43. The predicted octanol–water partition coefficient (Wildman–Crippen LogP) is 1.34. The molecule has 1 heterocycles. The monoisotopic (exact) mass is 299 g/mol. The highest BCUT2D eigenvalue weighted by Gasteiger charge is 2.16. The fourth-order valence-corrected chi connectivity index (χ4v) is 2.13. The Hall–Kier alpha value is -1.47. The molecule has 1 aromatic heterocycles. The lowest BCUT2D eigenvalue weighted by Gasteiger charge is -2.11. The van der Waals surface area contributed by atoms with Gasteiger partial charge < -0.3 is 5.73 Å². The summed E-state index contributed by atoms with van der Waals surface area (Å²) in [6.45, 7) is 2.33. The Balaban J connectivity index is 2.39. The molecule has 0 aliphatic rings. The smallest absolute Gasteiger partial charge is 0.184 e. The maximum Gasteiger partial charge on any atom is 0.184 e. The molecule has 2 N–H and O–H groups in total. The number of para-hydroxylation sites is 1. The van der Waals surface area contributed by atoms with Crippen molar-refractivity contribution in [1.29, 1.82) is 0 Å². The molecule has 0 fully saturated rings. The molecule has 1 aromatic carbocycles. The summed E-state index contributed by atoms with van der Waals surface area (Å²) >= 11 is 5.99. The van der Waals surface area contributed by atoms with Crippen molar-refractivity contribution in [1.82, 2.24) is 20.2 Å². The third kappa shape index (κ3) is 2.93. The number of rotatable bonds is 4. The zero-order valence-corrected chi connectivity index (χ0v) is 12.1. The molecule has 0 bridgehead atoms. The molecule has 2 atom stereocenters. The molecule has 2 unspecified atom stereocenters. The van der Waals surface area contributed by atoms with Crippen LogP contribution in [0.4, 0.5) is 5.69 Å². The van der Waals surface area contributed by atoms with Gasteiger partial charge in [-0.1, -0.05) is 17.7 Å². The van der Waals surface area contributed by atoms with Crippen molar-refractivity contribution >= 4 is 28.1 Å². The minimum Gasteiger partial charge on any atom is -0.397 e. The minimum atomic E-state index is -0.943. The Morgan fingerprint density at radius 2 is 2.26 bits per heavy atom. The van der Waals surface area contributed by atoms with E-state index < -0.39 is 10.8 Å². The van der Waals surface area contributed by atoms with Crippen LogP contribution in [0.15, 0.2) is 18.2 Å². The maximum atomic E-state index is 11.4. The van der Waals surface area contributed by atoms with E-state index in [0.29, 0.717) is 28.6 Å². The van der Waals surface area contributed by atoms with Crippen molar-refractivity contribution in [2.75, 3.05) is 12.0 Å². The number of benzene rings is 1. The number of halogens is 1. The molecular formula is C11H14ClN5OS. The van der Waals surface area contributed by atoms with Crippen LogP contribution >= 0.6 is 11.6 Å². The molecule has 19 heavy (non-hydrogen) atoms. The van der Waals surface area contributed by atoms with Gasteiger partial charge in [-0.25, -0.2) is 4.68 Å². The summed E-state index contributed by atoms with van der Waals surface area (Å²) in [5.41, 5.74) is 7.04. The van der Waals surface area contributed by atoms with Crippen LogP contribution in [0, 0.1) is 0 Å². The van der Waals surface area contributed by atoms with Crippen molar-refractivity contribution in [3.8, 4) is 11.4 Å². The van der Waals surface area contributed by atoms with Gasteiger partial charge in [0, 0.05) is 22.6 Å². The molecule has 8 heteroatoms. The summed E-state index contributed by atoms with van der Waals surface area (Å²) in [7, 11) is -0.943. The Kier molecular flexibility index (Phi) is 4.16. The van der Waals surface area contributed by atoms with Crippen LogP contribution in [-0.4, -0.2) is 35.9 Å². The minimum absolute atomic E-state index is 0.0531. The first-order chi connectivity index (χ1) is 9.00. The number of tetrazole rings is 1. The normalized spacial score (nSPS) is 14.3. The molecule has 0 saturated carbocycles. The largest absolute Gasteiger partial charge is 0.397 e. The Bertz CT molecular complexity index is 615. The van der Waals surface area contributed by atoms with Gasteiger partial charge in [-0.15, -0.1) is 5.10 Å². The van der Waals surface area contributed by atoms with E-state index in [1.54, 1.807) is 29.1 Å². The summed E-state index contributed by atoms with van der Waals surface area (Å²) in [5, 5.41) is 11.9. The van der Waals surface area contributed by atoms with Crippen molar-refractivity contribution in [3.63, 3.8) is 0 Å². The van der Waals surface area contributed by atoms with Crippen LogP contribution in [0.25, 0.3) is 11.4 Å². The average Bonchev–Trinajstić information content (AvgIpc) is 2.80. The fourth-order valence-electron chi connectivity index (χ4n) is 1.60. The highest BCUT2D eigenvalue weighted by Crippen LogP contribution is 2.29. The molecule has 0 radical (unpaired) electrons. The molecule has 0 spiro atoms.